The average molecular weight is 248 g/mol. The van der Waals surface area contributed by atoms with Gasteiger partial charge in [-0.3, -0.25) is 0 Å². The van der Waals surface area contributed by atoms with Gasteiger partial charge in [-0.15, -0.1) is 0 Å². The smallest absolute Gasteiger partial charge is 0.0915 e. The van der Waals surface area contributed by atoms with Crippen molar-refractivity contribution >= 4 is 0 Å². The zero-order chi connectivity index (χ0) is 13.2. The summed E-state index contributed by atoms with van der Waals surface area (Å²) in [7, 11) is 0. The van der Waals surface area contributed by atoms with Crippen LogP contribution in [0.2, 0.25) is 0 Å². The van der Waals surface area contributed by atoms with Gasteiger partial charge in [-0.05, 0) is 51.2 Å². The van der Waals surface area contributed by atoms with Crippen LogP contribution in [-0.2, 0) is 11.2 Å². The van der Waals surface area contributed by atoms with Crippen molar-refractivity contribution in [1.29, 1.82) is 0 Å². The second-order valence-electron chi connectivity index (χ2n) is 5.77. The summed E-state index contributed by atoms with van der Waals surface area (Å²) in [6.45, 7) is 7.02. The Labute approximate surface area is 110 Å². The maximum absolute atomic E-state index is 10.5. The van der Waals surface area contributed by atoms with Gasteiger partial charge in [-0.2, -0.15) is 0 Å². The Morgan fingerprint density at radius 3 is 2.78 bits per heavy atom. The summed E-state index contributed by atoms with van der Waals surface area (Å²) in [6.07, 6.45) is 3.49. The van der Waals surface area contributed by atoms with E-state index in [2.05, 4.69) is 32.0 Å². The van der Waals surface area contributed by atoms with Gasteiger partial charge >= 0.3 is 0 Å². The van der Waals surface area contributed by atoms with Crippen LogP contribution in [0.15, 0.2) is 18.2 Å². The average Bonchev–Trinajstić information content (AvgIpc) is 2.35. The van der Waals surface area contributed by atoms with Gasteiger partial charge in [0.15, 0.2) is 0 Å². The van der Waals surface area contributed by atoms with Gasteiger partial charge in [0.2, 0.25) is 0 Å². The summed E-state index contributed by atoms with van der Waals surface area (Å²) in [6, 6.07) is 6.41. The number of aliphatic hydroxyl groups excluding tert-OH is 1. The van der Waals surface area contributed by atoms with Gasteiger partial charge in [-0.1, -0.05) is 23.8 Å². The Morgan fingerprint density at radius 2 is 2.11 bits per heavy atom. The van der Waals surface area contributed by atoms with E-state index in [0.717, 1.165) is 25.9 Å². The van der Waals surface area contributed by atoms with Gasteiger partial charge in [0, 0.05) is 13.0 Å². The lowest BCUT2D eigenvalue weighted by atomic mass is 9.86. The summed E-state index contributed by atoms with van der Waals surface area (Å²) < 4.78 is 5.82. The van der Waals surface area contributed by atoms with Gasteiger partial charge in [0.1, 0.15) is 0 Å². The van der Waals surface area contributed by atoms with Crippen LogP contribution >= 0.6 is 0 Å². The summed E-state index contributed by atoms with van der Waals surface area (Å²) >= 11 is 0. The first-order valence-corrected chi connectivity index (χ1v) is 6.89. The Bertz CT molecular complexity index is 406. The maximum atomic E-state index is 10.5. The molecular weight excluding hydrogens is 224 g/mol. The molecule has 100 valence electrons. The fraction of sp³-hybridized carbons (Fsp3) is 0.625. The van der Waals surface area contributed by atoms with Gasteiger partial charge in [0.25, 0.3) is 0 Å². The molecule has 2 unspecified atom stereocenters. The van der Waals surface area contributed by atoms with Crippen LogP contribution < -0.4 is 0 Å². The predicted molar refractivity (Wildman–Crippen MR) is 73.8 cm³/mol. The maximum Gasteiger partial charge on any atom is 0.0915 e. The molecule has 1 aliphatic rings. The fourth-order valence-electron chi connectivity index (χ4n) is 2.66. The quantitative estimate of drug-likeness (QED) is 0.890. The molecule has 1 heterocycles. The Hall–Kier alpha value is -0.860. The topological polar surface area (TPSA) is 29.5 Å². The van der Waals surface area contributed by atoms with Crippen LogP contribution in [0.3, 0.4) is 0 Å². The lowest BCUT2D eigenvalue weighted by Crippen LogP contribution is -2.45. The summed E-state index contributed by atoms with van der Waals surface area (Å²) in [5.41, 5.74) is 3.36. The molecule has 18 heavy (non-hydrogen) atoms. The Morgan fingerprint density at radius 1 is 1.33 bits per heavy atom. The van der Waals surface area contributed by atoms with Gasteiger partial charge < -0.3 is 9.84 Å². The zero-order valence-corrected chi connectivity index (χ0v) is 11.7. The molecule has 0 aliphatic carbocycles. The van der Waals surface area contributed by atoms with Crippen LogP contribution in [0, 0.1) is 13.8 Å². The predicted octanol–water partition coefficient (Wildman–Crippen LogP) is 3.17. The normalized spacial score (nSPS) is 26.0. The van der Waals surface area contributed by atoms with E-state index < -0.39 is 6.10 Å². The van der Waals surface area contributed by atoms with Crippen LogP contribution in [0.4, 0.5) is 0 Å². The van der Waals surface area contributed by atoms with Crippen molar-refractivity contribution in [1.82, 2.24) is 0 Å². The molecule has 1 aliphatic heterocycles. The second-order valence-corrected chi connectivity index (χ2v) is 5.77. The lowest BCUT2D eigenvalue weighted by molar-refractivity contribution is -0.135. The molecule has 2 heteroatoms. The molecule has 1 fully saturated rings. The first-order valence-electron chi connectivity index (χ1n) is 6.89. The van der Waals surface area contributed by atoms with E-state index in [-0.39, 0.29) is 5.60 Å². The molecule has 2 atom stereocenters. The highest BCUT2D eigenvalue weighted by Gasteiger charge is 2.35. The van der Waals surface area contributed by atoms with Crippen molar-refractivity contribution in [2.45, 2.75) is 58.2 Å². The van der Waals surface area contributed by atoms with Crippen LogP contribution in [0.1, 0.15) is 42.9 Å². The van der Waals surface area contributed by atoms with Crippen molar-refractivity contribution in [3.05, 3.63) is 34.9 Å². The first kappa shape index (κ1) is 13.6. The lowest BCUT2D eigenvalue weighted by Gasteiger charge is -2.38. The van der Waals surface area contributed by atoms with Crippen molar-refractivity contribution < 1.29 is 9.84 Å². The molecule has 0 bridgehead atoms. The SMILES string of the molecule is Cc1ccc(C)c(CC(O)C2(C)CCCCO2)c1. The van der Waals surface area contributed by atoms with Crippen molar-refractivity contribution in [2.75, 3.05) is 6.61 Å². The van der Waals surface area contributed by atoms with Crippen molar-refractivity contribution in [2.24, 2.45) is 0 Å². The molecule has 0 amide bonds. The molecule has 0 spiro atoms. The van der Waals surface area contributed by atoms with Crippen LogP contribution in [0.25, 0.3) is 0 Å². The molecule has 1 saturated heterocycles. The monoisotopic (exact) mass is 248 g/mol. The number of benzene rings is 1. The third kappa shape index (κ3) is 2.93. The van der Waals surface area contributed by atoms with E-state index in [1.807, 2.05) is 6.92 Å². The minimum atomic E-state index is -0.418. The highest BCUT2D eigenvalue weighted by Crippen LogP contribution is 2.30. The minimum absolute atomic E-state index is 0.367. The molecule has 0 saturated carbocycles. The molecule has 1 N–H and O–H groups in total. The summed E-state index contributed by atoms with van der Waals surface area (Å²) in [5.74, 6) is 0. The van der Waals surface area contributed by atoms with E-state index in [1.165, 1.54) is 16.7 Å². The van der Waals surface area contributed by atoms with E-state index in [0.29, 0.717) is 6.42 Å². The Balaban J connectivity index is 2.10. The molecule has 0 radical (unpaired) electrons. The Kier molecular flexibility index (Phi) is 4.08. The molecule has 1 aromatic rings. The third-order valence-electron chi connectivity index (χ3n) is 4.12. The number of aryl methyl sites for hydroxylation is 2. The summed E-state index contributed by atoms with van der Waals surface area (Å²) in [4.78, 5) is 0. The number of ether oxygens (including phenoxy) is 1. The van der Waals surface area contributed by atoms with E-state index >= 15 is 0 Å². The van der Waals surface area contributed by atoms with Crippen molar-refractivity contribution in [3.63, 3.8) is 0 Å². The fourth-order valence-corrected chi connectivity index (χ4v) is 2.66. The van der Waals surface area contributed by atoms with Gasteiger partial charge in [-0.25, -0.2) is 0 Å². The first-order chi connectivity index (χ1) is 8.51. The largest absolute Gasteiger partial charge is 0.390 e. The zero-order valence-electron chi connectivity index (χ0n) is 11.7. The molecule has 2 nitrogen and oxygen atoms in total. The minimum Gasteiger partial charge on any atom is -0.390 e. The number of hydrogen-bond acceptors (Lipinski definition) is 2. The highest BCUT2D eigenvalue weighted by atomic mass is 16.5. The van der Waals surface area contributed by atoms with E-state index in [9.17, 15) is 5.11 Å². The molecular formula is C16H24O2. The number of hydrogen-bond donors (Lipinski definition) is 1. The number of aliphatic hydroxyl groups is 1. The van der Waals surface area contributed by atoms with E-state index in [4.69, 9.17) is 4.74 Å². The molecule has 0 aromatic heterocycles. The third-order valence-corrected chi connectivity index (χ3v) is 4.12. The highest BCUT2D eigenvalue weighted by molar-refractivity contribution is 5.31. The van der Waals surface area contributed by atoms with Gasteiger partial charge in [0.05, 0.1) is 11.7 Å². The standard InChI is InChI=1S/C16H24O2/c1-12-6-7-13(2)14(10-12)11-15(17)16(3)8-4-5-9-18-16/h6-7,10,15,17H,4-5,8-9,11H2,1-3H3. The second kappa shape index (κ2) is 5.41. The number of rotatable bonds is 3. The van der Waals surface area contributed by atoms with Crippen LogP contribution in [-0.4, -0.2) is 23.4 Å². The summed E-state index contributed by atoms with van der Waals surface area (Å²) in [5, 5.41) is 10.5. The molecule has 2 rings (SSSR count). The van der Waals surface area contributed by atoms with Crippen LogP contribution in [0.5, 0.6) is 0 Å². The van der Waals surface area contributed by atoms with Crippen molar-refractivity contribution in [3.8, 4) is 0 Å². The molecule has 1 aromatic carbocycles. The van der Waals surface area contributed by atoms with E-state index in [1.54, 1.807) is 0 Å².